The number of hydrogen-bond acceptors (Lipinski definition) is 2. The van der Waals surface area contributed by atoms with Gasteiger partial charge in [-0.05, 0) is 149 Å². The van der Waals surface area contributed by atoms with Crippen molar-refractivity contribution in [3.05, 3.63) is 204 Å². The molecule has 2 heteroatoms. The fraction of sp³-hybridized carbons (Fsp3) is 0.276. The summed E-state index contributed by atoms with van der Waals surface area (Å²) in [7, 11) is 0. The number of anilines is 6. The third kappa shape index (κ3) is 6.94. The minimum atomic E-state index is -0.0683. The highest BCUT2D eigenvalue weighted by Crippen LogP contribution is 2.52. The van der Waals surface area contributed by atoms with Gasteiger partial charge in [0.25, 0.3) is 0 Å². The topological polar surface area (TPSA) is 6.48 Å². The predicted octanol–water partition coefficient (Wildman–Crippen LogP) is 16.5. The van der Waals surface area contributed by atoms with Gasteiger partial charge in [-0.3, -0.25) is 0 Å². The highest BCUT2D eigenvalue weighted by molar-refractivity contribution is 5.85. The van der Waals surface area contributed by atoms with E-state index in [2.05, 4.69) is 206 Å². The van der Waals surface area contributed by atoms with Crippen LogP contribution >= 0.6 is 0 Å². The molecule has 0 N–H and O–H groups in total. The molecule has 2 nitrogen and oxygen atoms in total. The Morgan fingerprint density at radius 2 is 0.917 bits per heavy atom. The zero-order valence-electron chi connectivity index (χ0n) is 35.7. The van der Waals surface area contributed by atoms with E-state index in [9.17, 15) is 0 Å². The lowest BCUT2D eigenvalue weighted by molar-refractivity contribution is 0.272. The quantitative estimate of drug-likeness (QED) is 0.144. The van der Waals surface area contributed by atoms with Gasteiger partial charge < -0.3 is 9.80 Å². The van der Waals surface area contributed by atoms with Crippen molar-refractivity contribution >= 4 is 34.1 Å². The van der Waals surface area contributed by atoms with Crippen molar-refractivity contribution in [3.63, 3.8) is 0 Å². The van der Waals surface area contributed by atoms with Crippen LogP contribution in [-0.2, 0) is 10.8 Å². The van der Waals surface area contributed by atoms with Crippen molar-refractivity contribution < 1.29 is 0 Å². The molecule has 0 amide bonds. The highest BCUT2D eigenvalue weighted by Gasteiger charge is 2.39. The van der Waals surface area contributed by atoms with Crippen molar-refractivity contribution in [3.8, 4) is 11.1 Å². The van der Waals surface area contributed by atoms with Gasteiger partial charge in [-0.25, -0.2) is 0 Å². The third-order valence-electron chi connectivity index (χ3n) is 14.4. The van der Waals surface area contributed by atoms with Crippen molar-refractivity contribution in [2.24, 2.45) is 5.92 Å². The lowest BCUT2D eigenvalue weighted by atomic mass is 9.62. The van der Waals surface area contributed by atoms with Gasteiger partial charge in [0.1, 0.15) is 0 Å². The molecule has 0 spiro atoms. The number of nitrogens with zero attached hydrogens (tertiary/aromatic N) is 2. The van der Waals surface area contributed by atoms with Gasteiger partial charge in [-0.2, -0.15) is 0 Å². The largest absolute Gasteiger partial charge is 0.311 e. The summed E-state index contributed by atoms with van der Waals surface area (Å²) in [4.78, 5) is 4.87. The van der Waals surface area contributed by atoms with Gasteiger partial charge in [0, 0.05) is 45.0 Å². The van der Waals surface area contributed by atoms with Gasteiger partial charge in [0.15, 0.2) is 0 Å². The van der Waals surface area contributed by atoms with Crippen LogP contribution in [0.3, 0.4) is 0 Å². The third-order valence-corrected chi connectivity index (χ3v) is 14.4. The molecule has 300 valence electrons. The molecule has 0 bridgehead atoms. The number of para-hydroxylation sites is 2. The van der Waals surface area contributed by atoms with Crippen molar-refractivity contribution in [1.29, 1.82) is 0 Å². The summed E-state index contributed by atoms with van der Waals surface area (Å²) in [5.41, 5.74) is 16.9. The first kappa shape index (κ1) is 38.3. The van der Waals surface area contributed by atoms with E-state index in [-0.39, 0.29) is 10.8 Å². The standard InChI is InChI=1S/C58H58N2/c1-42-16-15-39-58(41-42,45-27-33-50(34-28-45)59(47-19-9-5-10-20-47)48-21-11-6-12-22-48)46-29-35-51(36-30-46)60(49-31-25-44(26-32-49)43-17-7-4-8-18-43)52-37-38-54-53-23-13-14-24-55(53)57(2,3)56(54)40-52/h5-6,9-14,19-38,40,42-43H,4,7-8,15-18,39,41H2,1-3H3. The molecule has 7 aromatic rings. The molecule has 3 aliphatic carbocycles. The lowest BCUT2D eigenvalue weighted by Crippen LogP contribution is -2.33. The van der Waals surface area contributed by atoms with E-state index in [1.54, 1.807) is 0 Å². The summed E-state index contributed by atoms with van der Waals surface area (Å²) >= 11 is 0. The van der Waals surface area contributed by atoms with E-state index in [0.29, 0.717) is 11.8 Å². The Kier molecular flexibility index (Phi) is 10.2. The molecule has 2 fully saturated rings. The smallest absolute Gasteiger partial charge is 0.0465 e. The molecule has 7 aromatic carbocycles. The first-order valence-electron chi connectivity index (χ1n) is 22.6. The Balaban J connectivity index is 1.03. The molecule has 0 heterocycles. The number of hydrogen-bond donors (Lipinski definition) is 0. The van der Waals surface area contributed by atoms with Crippen LogP contribution in [0.1, 0.15) is 112 Å². The predicted molar refractivity (Wildman–Crippen MR) is 254 cm³/mol. The summed E-state index contributed by atoms with van der Waals surface area (Å²) in [6.45, 7) is 7.23. The first-order chi connectivity index (χ1) is 29.4. The molecule has 0 saturated heterocycles. The van der Waals surface area contributed by atoms with Crippen LogP contribution in [0.15, 0.2) is 176 Å². The van der Waals surface area contributed by atoms with E-state index >= 15 is 0 Å². The molecule has 0 aliphatic heterocycles. The maximum atomic E-state index is 2.50. The van der Waals surface area contributed by atoms with E-state index in [0.717, 1.165) is 24.2 Å². The Morgan fingerprint density at radius 3 is 1.50 bits per heavy atom. The summed E-state index contributed by atoms with van der Waals surface area (Å²) in [5.74, 6) is 1.34. The van der Waals surface area contributed by atoms with Crippen molar-refractivity contribution in [2.75, 3.05) is 9.80 Å². The lowest BCUT2D eigenvalue weighted by Gasteiger charge is -2.42. The summed E-state index contributed by atoms with van der Waals surface area (Å²) < 4.78 is 0. The van der Waals surface area contributed by atoms with Gasteiger partial charge in [0.2, 0.25) is 0 Å². The van der Waals surface area contributed by atoms with Crippen LogP contribution in [0.5, 0.6) is 0 Å². The molecular weight excluding hydrogens is 725 g/mol. The van der Waals surface area contributed by atoms with Crippen molar-refractivity contribution in [1.82, 2.24) is 0 Å². The second-order valence-corrected chi connectivity index (χ2v) is 18.5. The molecule has 2 unspecified atom stereocenters. The average Bonchev–Trinajstić information content (AvgIpc) is 3.53. The summed E-state index contributed by atoms with van der Waals surface area (Å²) in [6, 6.07) is 66.5. The molecular formula is C58H58N2. The molecule has 3 aliphatic rings. The zero-order chi connectivity index (χ0) is 40.7. The number of benzene rings is 7. The molecule has 2 saturated carbocycles. The molecule has 2 atom stereocenters. The van der Waals surface area contributed by atoms with Crippen LogP contribution in [0.2, 0.25) is 0 Å². The monoisotopic (exact) mass is 782 g/mol. The van der Waals surface area contributed by atoms with E-state index in [1.165, 1.54) is 107 Å². The minimum absolute atomic E-state index is 0.0467. The van der Waals surface area contributed by atoms with E-state index < -0.39 is 0 Å². The number of rotatable bonds is 9. The minimum Gasteiger partial charge on any atom is -0.311 e. The Hall–Kier alpha value is -5.86. The maximum absolute atomic E-state index is 2.50. The first-order valence-corrected chi connectivity index (χ1v) is 22.6. The van der Waals surface area contributed by atoms with E-state index in [1.807, 2.05) is 0 Å². The molecule has 60 heavy (non-hydrogen) atoms. The second-order valence-electron chi connectivity index (χ2n) is 18.5. The van der Waals surface area contributed by atoms with Crippen LogP contribution in [0.25, 0.3) is 11.1 Å². The second kappa shape index (κ2) is 16.0. The van der Waals surface area contributed by atoms with E-state index in [4.69, 9.17) is 0 Å². The normalized spacial score (nSPS) is 19.6. The molecule has 10 rings (SSSR count). The van der Waals surface area contributed by atoms with Gasteiger partial charge in [0.05, 0.1) is 0 Å². The Labute approximate surface area is 358 Å². The highest BCUT2D eigenvalue weighted by atomic mass is 15.1. The van der Waals surface area contributed by atoms with Gasteiger partial charge >= 0.3 is 0 Å². The average molecular weight is 783 g/mol. The maximum Gasteiger partial charge on any atom is 0.0465 e. The number of fused-ring (bicyclic) bond motifs is 3. The van der Waals surface area contributed by atoms with Crippen molar-refractivity contribution in [2.45, 2.75) is 95.3 Å². The Bertz CT molecular complexity index is 2510. The molecule has 0 aromatic heterocycles. The Morgan fingerprint density at radius 1 is 0.433 bits per heavy atom. The summed E-state index contributed by atoms with van der Waals surface area (Å²) in [5, 5.41) is 0. The van der Waals surface area contributed by atoms with Gasteiger partial charge in [-0.15, -0.1) is 0 Å². The SMILES string of the molecule is CC1CCCC(c2ccc(N(c3ccccc3)c3ccccc3)cc2)(c2ccc(N(c3ccc(C4CCCCC4)cc3)c3ccc4c(c3)C(C)(C)c3ccccc3-4)cc2)C1. The fourth-order valence-electron chi connectivity index (χ4n) is 11.3. The van der Waals surface area contributed by atoms with Gasteiger partial charge in [-0.1, -0.05) is 156 Å². The van der Waals surface area contributed by atoms with Crippen LogP contribution in [0.4, 0.5) is 34.1 Å². The zero-order valence-corrected chi connectivity index (χ0v) is 35.7. The fourth-order valence-corrected chi connectivity index (χ4v) is 11.3. The van der Waals surface area contributed by atoms with Crippen LogP contribution in [0, 0.1) is 5.92 Å². The van der Waals surface area contributed by atoms with Crippen LogP contribution in [-0.4, -0.2) is 0 Å². The summed E-state index contributed by atoms with van der Waals surface area (Å²) in [6.07, 6.45) is 11.5. The molecule has 0 radical (unpaired) electrons. The van der Waals surface area contributed by atoms with Crippen LogP contribution < -0.4 is 9.80 Å².